The van der Waals surface area contributed by atoms with Gasteiger partial charge in [-0.25, -0.2) is 4.98 Å². The highest BCUT2D eigenvalue weighted by Gasteiger charge is 2.25. The van der Waals surface area contributed by atoms with E-state index in [1.807, 2.05) is 18.0 Å². The molecule has 7 heteroatoms. The van der Waals surface area contributed by atoms with E-state index in [0.29, 0.717) is 5.82 Å². The summed E-state index contributed by atoms with van der Waals surface area (Å²) in [6, 6.07) is 3.78. The van der Waals surface area contributed by atoms with Crippen LogP contribution < -0.4 is 10.6 Å². The maximum absolute atomic E-state index is 10.7. The average molecular weight is 275 g/mol. The molecule has 0 saturated heterocycles. The number of nitrogens with two attached hydrogens (primary N) is 1. The minimum absolute atomic E-state index is 0.163. The smallest absolute Gasteiger partial charge is 0.289 e. The van der Waals surface area contributed by atoms with Gasteiger partial charge >= 0.3 is 0 Å². The fourth-order valence-corrected chi connectivity index (χ4v) is 2.57. The van der Waals surface area contributed by atoms with Gasteiger partial charge in [-0.15, -0.1) is 0 Å². The molecule has 20 heavy (non-hydrogen) atoms. The molecule has 1 saturated carbocycles. The van der Waals surface area contributed by atoms with Crippen molar-refractivity contribution in [3.05, 3.63) is 27.9 Å². The van der Waals surface area contributed by atoms with Gasteiger partial charge in [0, 0.05) is 25.2 Å². The molecule has 106 valence electrons. The summed E-state index contributed by atoms with van der Waals surface area (Å²) in [4.78, 5) is 16.2. The van der Waals surface area contributed by atoms with Crippen LogP contribution in [0.5, 0.6) is 0 Å². The van der Waals surface area contributed by atoms with Crippen molar-refractivity contribution in [3.63, 3.8) is 0 Å². The predicted molar refractivity (Wildman–Crippen MR) is 74.2 cm³/mol. The van der Waals surface area contributed by atoms with E-state index in [1.54, 1.807) is 0 Å². The lowest BCUT2D eigenvalue weighted by Crippen LogP contribution is -2.39. The first-order valence-corrected chi connectivity index (χ1v) is 6.56. The molecule has 0 bridgehead atoms. The fourth-order valence-electron chi connectivity index (χ4n) is 2.57. The summed E-state index contributed by atoms with van der Waals surface area (Å²) in [5.74, 6) is 0.499. The third-order valence-corrected chi connectivity index (χ3v) is 3.81. The normalized spacial score (nSPS) is 22.1. The molecule has 0 amide bonds. The molecule has 2 N–H and O–H groups in total. The van der Waals surface area contributed by atoms with Crippen LogP contribution in [0.2, 0.25) is 0 Å². The topological polar surface area (TPSA) is 109 Å². The zero-order chi connectivity index (χ0) is 14.7. The summed E-state index contributed by atoms with van der Waals surface area (Å²) in [6.07, 6.45) is 4.98. The van der Waals surface area contributed by atoms with Gasteiger partial charge < -0.3 is 10.6 Å². The van der Waals surface area contributed by atoms with E-state index in [9.17, 15) is 10.1 Å². The van der Waals surface area contributed by atoms with Crippen molar-refractivity contribution in [3.8, 4) is 6.07 Å². The Morgan fingerprint density at radius 1 is 1.50 bits per heavy atom. The Balaban J connectivity index is 2.23. The van der Waals surface area contributed by atoms with Crippen LogP contribution in [0.3, 0.4) is 0 Å². The number of hydrogen-bond acceptors (Lipinski definition) is 6. The Morgan fingerprint density at radius 3 is 2.70 bits per heavy atom. The lowest BCUT2D eigenvalue weighted by molar-refractivity contribution is -0.385. The van der Waals surface area contributed by atoms with Gasteiger partial charge in [0.25, 0.3) is 5.69 Å². The van der Waals surface area contributed by atoms with E-state index in [1.165, 1.54) is 12.3 Å². The van der Waals surface area contributed by atoms with Crippen LogP contribution in [0.25, 0.3) is 0 Å². The SMILES string of the molecule is CN(c1ncc([N+](=O)[O-])cc1C#N)C1CCC(N)CC1. The van der Waals surface area contributed by atoms with Crippen LogP contribution in [-0.2, 0) is 0 Å². The summed E-state index contributed by atoms with van der Waals surface area (Å²) >= 11 is 0. The van der Waals surface area contributed by atoms with Crippen molar-refractivity contribution in [2.45, 2.75) is 37.8 Å². The zero-order valence-electron chi connectivity index (χ0n) is 11.3. The minimum Gasteiger partial charge on any atom is -0.356 e. The van der Waals surface area contributed by atoms with E-state index in [-0.39, 0.29) is 23.3 Å². The highest BCUT2D eigenvalue weighted by atomic mass is 16.6. The van der Waals surface area contributed by atoms with Gasteiger partial charge in [0.2, 0.25) is 0 Å². The third kappa shape index (κ3) is 2.86. The van der Waals surface area contributed by atoms with Gasteiger partial charge in [-0.05, 0) is 25.7 Å². The molecule has 1 aliphatic carbocycles. The first-order valence-electron chi connectivity index (χ1n) is 6.56. The number of nitrogens with zero attached hydrogens (tertiary/aromatic N) is 4. The van der Waals surface area contributed by atoms with Crippen LogP contribution in [0.15, 0.2) is 12.3 Å². The Bertz CT molecular complexity index is 546. The van der Waals surface area contributed by atoms with Crippen molar-refractivity contribution in [1.29, 1.82) is 5.26 Å². The van der Waals surface area contributed by atoms with Gasteiger partial charge in [-0.3, -0.25) is 10.1 Å². The number of nitriles is 1. The number of pyridine rings is 1. The van der Waals surface area contributed by atoms with E-state index >= 15 is 0 Å². The van der Waals surface area contributed by atoms with E-state index in [2.05, 4.69) is 4.98 Å². The molecule has 0 atom stereocenters. The Morgan fingerprint density at radius 2 is 2.15 bits per heavy atom. The van der Waals surface area contributed by atoms with Gasteiger partial charge in [0.15, 0.2) is 0 Å². The molecule has 2 rings (SSSR count). The molecule has 1 aromatic rings. The summed E-state index contributed by atoms with van der Waals surface area (Å²) in [6.45, 7) is 0. The number of nitro groups is 1. The van der Waals surface area contributed by atoms with Crippen LogP contribution >= 0.6 is 0 Å². The molecule has 0 aromatic carbocycles. The van der Waals surface area contributed by atoms with Crippen LogP contribution in [0.4, 0.5) is 11.5 Å². The van der Waals surface area contributed by atoms with Crippen molar-refractivity contribution in [1.82, 2.24) is 4.98 Å². The van der Waals surface area contributed by atoms with Gasteiger partial charge in [0.05, 0.1) is 4.92 Å². The Labute approximate surface area is 117 Å². The molecule has 1 heterocycles. The Kier molecular flexibility index (Phi) is 4.15. The molecular formula is C13H17N5O2. The van der Waals surface area contributed by atoms with Gasteiger partial charge in [0.1, 0.15) is 23.6 Å². The lowest BCUT2D eigenvalue weighted by Gasteiger charge is -2.34. The Hall–Kier alpha value is -2.20. The quantitative estimate of drug-likeness (QED) is 0.662. The van der Waals surface area contributed by atoms with Crippen molar-refractivity contribution < 1.29 is 4.92 Å². The van der Waals surface area contributed by atoms with Crippen molar-refractivity contribution in [2.75, 3.05) is 11.9 Å². The average Bonchev–Trinajstić information content (AvgIpc) is 2.46. The van der Waals surface area contributed by atoms with Gasteiger partial charge in [-0.2, -0.15) is 5.26 Å². The molecule has 0 radical (unpaired) electrons. The predicted octanol–water partition coefficient (Wildman–Crippen LogP) is 1.57. The van der Waals surface area contributed by atoms with Crippen LogP contribution in [0.1, 0.15) is 31.2 Å². The molecule has 0 spiro atoms. The van der Waals surface area contributed by atoms with Gasteiger partial charge in [-0.1, -0.05) is 0 Å². The zero-order valence-corrected chi connectivity index (χ0v) is 11.3. The maximum atomic E-state index is 10.7. The second kappa shape index (κ2) is 5.84. The molecule has 1 aliphatic rings. The highest BCUT2D eigenvalue weighted by Crippen LogP contribution is 2.28. The summed E-state index contributed by atoms with van der Waals surface area (Å²) < 4.78 is 0. The molecule has 1 aromatic heterocycles. The second-order valence-corrected chi connectivity index (χ2v) is 5.11. The summed E-state index contributed by atoms with van der Waals surface area (Å²) in [5, 5.41) is 19.9. The van der Waals surface area contributed by atoms with Crippen LogP contribution in [0, 0.1) is 21.4 Å². The molecular weight excluding hydrogens is 258 g/mol. The second-order valence-electron chi connectivity index (χ2n) is 5.11. The molecule has 1 fully saturated rings. The number of aromatic nitrogens is 1. The first kappa shape index (κ1) is 14.2. The fraction of sp³-hybridized carbons (Fsp3) is 0.538. The van der Waals surface area contributed by atoms with Crippen molar-refractivity contribution >= 4 is 11.5 Å². The standard InChI is InChI=1S/C13H17N5O2/c1-17(11-4-2-10(15)3-5-11)13-9(7-14)6-12(8-16-13)18(19)20/h6,8,10-11H,2-5,15H2,1H3. The van der Waals surface area contributed by atoms with E-state index < -0.39 is 4.92 Å². The highest BCUT2D eigenvalue weighted by molar-refractivity contribution is 5.57. The van der Waals surface area contributed by atoms with E-state index in [4.69, 9.17) is 11.0 Å². The largest absolute Gasteiger partial charge is 0.356 e. The first-order chi connectivity index (χ1) is 9.52. The number of rotatable bonds is 3. The molecule has 0 aliphatic heterocycles. The molecule has 0 unspecified atom stereocenters. The van der Waals surface area contributed by atoms with Crippen LogP contribution in [-0.4, -0.2) is 29.0 Å². The molecule has 7 nitrogen and oxygen atoms in total. The summed E-state index contributed by atoms with van der Waals surface area (Å²) in [7, 11) is 1.87. The lowest BCUT2D eigenvalue weighted by atomic mass is 9.91. The monoisotopic (exact) mass is 275 g/mol. The summed E-state index contributed by atoms with van der Waals surface area (Å²) in [5.41, 5.74) is 5.95. The maximum Gasteiger partial charge on any atom is 0.289 e. The minimum atomic E-state index is -0.544. The number of anilines is 1. The van der Waals surface area contributed by atoms with E-state index in [0.717, 1.165) is 25.7 Å². The number of hydrogen-bond donors (Lipinski definition) is 1. The third-order valence-electron chi connectivity index (χ3n) is 3.81. The van der Waals surface area contributed by atoms with Crippen molar-refractivity contribution in [2.24, 2.45) is 5.73 Å².